The molecule has 0 bridgehead atoms. The van der Waals surface area contributed by atoms with E-state index in [0.717, 1.165) is 29.5 Å². The highest BCUT2D eigenvalue weighted by Gasteiger charge is 2.33. The van der Waals surface area contributed by atoms with Gasteiger partial charge in [0.1, 0.15) is 6.04 Å². The van der Waals surface area contributed by atoms with Crippen LogP contribution in [0.4, 0.5) is 0 Å². The molecule has 5 nitrogen and oxygen atoms in total. The van der Waals surface area contributed by atoms with Crippen LogP contribution in [0.25, 0.3) is 10.7 Å². The summed E-state index contributed by atoms with van der Waals surface area (Å²) in [6.07, 6.45) is 0.944. The molecule has 3 rings (SSSR count). The van der Waals surface area contributed by atoms with Crippen molar-refractivity contribution in [1.82, 2.24) is 19.7 Å². The fourth-order valence-corrected chi connectivity index (χ4v) is 3.55. The smallest absolute Gasteiger partial charge is 0.245 e. The van der Waals surface area contributed by atoms with Crippen LogP contribution in [0.3, 0.4) is 0 Å². The van der Waals surface area contributed by atoms with E-state index in [4.69, 9.17) is 11.6 Å². The van der Waals surface area contributed by atoms with Crippen molar-refractivity contribution in [3.05, 3.63) is 22.3 Å². The van der Waals surface area contributed by atoms with E-state index >= 15 is 0 Å². The van der Waals surface area contributed by atoms with Gasteiger partial charge in [-0.25, -0.2) is 0 Å². The van der Waals surface area contributed by atoms with E-state index in [-0.39, 0.29) is 11.9 Å². The number of hydrogen-bond acceptors (Lipinski definition) is 4. The number of amides is 1. The SMILES string of the molecule is CCCN1Cc2nnc(-c3ccc(Cl)s3)n2[C@@H](C)C1=O. The van der Waals surface area contributed by atoms with Gasteiger partial charge in [0.2, 0.25) is 5.91 Å². The number of halogens is 1. The molecule has 0 fully saturated rings. The molecule has 0 radical (unpaired) electrons. The predicted octanol–water partition coefficient (Wildman–Crippen LogP) is 2.97. The highest BCUT2D eigenvalue weighted by Crippen LogP contribution is 2.33. The lowest BCUT2D eigenvalue weighted by atomic mass is 10.2. The lowest BCUT2D eigenvalue weighted by Crippen LogP contribution is -2.42. The van der Waals surface area contributed by atoms with Gasteiger partial charge in [0.05, 0.1) is 15.8 Å². The third-order valence-electron chi connectivity index (χ3n) is 3.44. The van der Waals surface area contributed by atoms with Gasteiger partial charge < -0.3 is 4.90 Å². The fraction of sp³-hybridized carbons (Fsp3) is 0.462. The Morgan fingerprint density at radius 2 is 2.25 bits per heavy atom. The largest absolute Gasteiger partial charge is 0.333 e. The molecule has 0 aliphatic carbocycles. The Morgan fingerprint density at radius 3 is 2.90 bits per heavy atom. The van der Waals surface area contributed by atoms with Crippen LogP contribution in [-0.4, -0.2) is 32.1 Å². The number of thiophene rings is 1. The van der Waals surface area contributed by atoms with Crippen LogP contribution in [0.1, 0.15) is 32.1 Å². The Bertz CT molecular complexity index is 651. The Labute approximate surface area is 126 Å². The van der Waals surface area contributed by atoms with Crippen molar-refractivity contribution >= 4 is 28.8 Å². The molecule has 1 amide bonds. The molecular weight excluding hydrogens is 296 g/mol. The zero-order valence-electron chi connectivity index (χ0n) is 11.3. The van der Waals surface area contributed by atoms with Crippen LogP contribution in [0.15, 0.2) is 12.1 Å². The average molecular weight is 311 g/mol. The van der Waals surface area contributed by atoms with Gasteiger partial charge in [-0.15, -0.1) is 21.5 Å². The topological polar surface area (TPSA) is 51.0 Å². The second-order valence-electron chi connectivity index (χ2n) is 4.85. The van der Waals surface area contributed by atoms with Gasteiger partial charge in [-0.05, 0) is 25.5 Å². The number of nitrogens with zero attached hydrogens (tertiary/aromatic N) is 4. The summed E-state index contributed by atoms with van der Waals surface area (Å²) in [7, 11) is 0. The molecule has 0 saturated carbocycles. The van der Waals surface area contributed by atoms with Gasteiger partial charge in [-0.3, -0.25) is 9.36 Å². The normalized spacial score (nSPS) is 18.4. The van der Waals surface area contributed by atoms with E-state index in [1.807, 2.05) is 28.5 Å². The number of hydrogen-bond donors (Lipinski definition) is 0. The first-order valence-corrected chi connectivity index (χ1v) is 7.79. The van der Waals surface area contributed by atoms with Crippen LogP contribution in [0.5, 0.6) is 0 Å². The van der Waals surface area contributed by atoms with Crippen LogP contribution in [0, 0.1) is 0 Å². The quantitative estimate of drug-likeness (QED) is 0.875. The number of rotatable bonds is 3. The summed E-state index contributed by atoms with van der Waals surface area (Å²) in [6.45, 7) is 5.26. The molecule has 7 heteroatoms. The number of carbonyl (C=O) groups excluding carboxylic acids is 1. The van der Waals surface area contributed by atoms with Crippen molar-refractivity contribution in [1.29, 1.82) is 0 Å². The fourth-order valence-electron chi connectivity index (χ4n) is 2.52. The first kappa shape index (κ1) is 13.6. The third kappa shape index (κ3) is 2.13. The maximum absolute atomic E-state index is 12.4. The molecule has 0 aromatic carbocycles. The van der Waals surface area contributed by atoms with Gasteiger partial charge in [-0.2, -0.15) is 0 Å². The highest BCUT2D eigenvalue weighted by molar-refractivity contribution is 7.19. The van der Waals surface area contributed by atoms with E-state index in [1.54, 1.807) is 0 Å². The summed E-state index contributed by atoms with van der Waals surface area (Å²) >= 11 is 7.43. The standard InChI is InChI=1S/C13H15ClN4OS/c1-3-6-17-7-11-15-16-12(9-4-5-10(14)20-9)18(11)8(2)13(17)19/h4-5,8H,3,6-7H2,1-2H3/t8-/m0/s1. The van der Waals surface area contributed by atoms with E-state index in [0.29, 0.717) is 10.9 Å². The molecule has 0 saturated heterocycles. The van der Waals surface area contributed by atoms with Crippen LogP contribution in [-0.2, 0) is 11.3 Å². The second-order valence-corrected chi connectivity index (χ2v) is 6.56. The van der Waals surface area contributed by atoms with Crippen molar-refractivity contribution in [3.63, 3.8) is 0 Å². The van der Waals surface area contributed by atoms with Crippen molar-refractivity contribution in [3.8, 4) is 10.7 Å². The van der Waals surface area contributed by atoms with Gasteiger partial charge in [0.25, 0.3) is 0 Å². The monoisotopic (exact) mass is 310 g/mol. The van der Waals surface area contributed by atoms with E-state index < -0.39 is 0 Å². The predicted molar refractivity (Wildman–Crippen MR) is 78.8 cm³/mol. The highest BCUT2D eigenvalue weighted by atomic mass is 35.5. The van der Waals surface area contributed by atoms with E-state index in [1.165, 1.54) is 11.3 Å². The lowest BCUT2D eigenvalue weighted by molar-refractivity contribution is -0.136. The van der Waals surface area contributed by atoms with Gasteiger partial charge in [0.15, 0.2) is 11.6 Å². The van der Waals surface area contributed by atoms with Gasteiger partial charge in [-0.1, -0.05) is 18.5 Å². The van der Waals surface area contributed by atoms with Crippen molar-refractivity contribution in [2.24, 2.45) is 0 Å². The Balaban J connectivity index is 2.02. The minimum atomic E-state index is -0.267. The average Bonchev–Trinajstić information content (AvgIpc) is 3.02. The molecule has 1 aliphatic rings. The summed E-state index contributed by atoms with van der Waals surface area (Å²) < 4.78 is 2.64. The maximum Gasteiger partial charge on any atom is 0.245 e. The summed E-state index contributed by atoms with van der Waals surface area (Å²) in [6, 6.07) is 3.48. The molecule has 2 aromatic heterocycles. The Kier molecular flexibility index (Phi) is 3.52. The van der Waals surface area contributed by atoms with Crippen molar-refractivity contribution in [2.45, 2.75) is 32.9 Å². The molecular formula is C13H15ClN4OS. The summed E-state index contributed by atoms with van der Waals surface area (Å²) in [4.78, 5) is 15.2. The molecule has 0 N–H and O–H groups in total. The first-order chi connectivity index (χ1) is 9.61. The Hall–Kier alpha value is -1.40. The number of carbonyl (C=O) groups is 1. The van der Waals surface area contributed by atoms with E-state index in [2.05, 4.69) is 17.1 Å². The lowest BCUT2D eigenvalue weighted by Gasteiger charge is -2.31. The first-order valence-electron chi connectivity index (χ1n) is 6.60. The zero-order valence-corrected chi connectivity index (χ0v) is 12.9. The molecule has 106 valence electrons. The van der Waals surface area contributed by atoms with Crippen LogP contribution in [0.2, 0.25) is 4.34 Å². The van der Waals surface area contributed by atoms with E-state index in [9.17, 15) is 4.79 Å². The van der Waals surface area contributed by atoms with Crippen molar-refractivity contribution < 1.29 is 4.79 Å². The minimum absolute atomic E-state index is 0.128. The summed E-state index contributed by atoms with van der Waals surface area (Å²) in [5.74, 6) is 1.70. The second kappa shape index (κ2) is 5.18. The summed E-state index contributed by atoms with van der Waals surface area (Å²) in [5, 5.41) is 8.49. The molecule has 2 aromatic rings. The molecule has 3 heterocycles. The summed E-state index contributed by atoms with van der Waals surface area (Å²) in [5.41, 5.74) is 0. The number of fused-ring (bicyclic) bond motifs is 1. The molecule has 0 spiro atoms. The zero-order chi connectivity index (χ0) is 14.3. The van der Waals surface area contributed by atoms with Gasteiger partial charge >= 0.3 is 0 Å². The van der Waals surface area contributed by atoms with Crippen LogP contribution >= 0.6 is 22.9 Å². The maximum atomic E-state index is 12.4. The Morgan fingerprint density at radius 1 is 1.45 bits per heavy atom. The molecule has 20 heavy (non-hydrogen) atoms. The molecule has 1 atom stereocenters. The van der Waals surface area contributed by atoms with Crippen LogP contribution < -0.4 is 0 Å². The van der Waals surface area contributed by atoms with Gasteiger partial charge in [0, 0.05) is 6.54 Å². The third-order valence-corrected chi connectivity index (χ3v) is 4.67. The number of aromatic nitrogens is 3. The molecule has 1 aliphatic heterocycles. The molecule has 0 unspecified atom stereocenters. The minimum Gasteiger partial charge on any atom is -0.333 e. The van der Waals surface area contributed by atoms with Crippen molar-refractivity contribution in [2.75, 3.05) is 6.54 Å².